The Morgan fingerprint density at radius 2 is 2.20 bits per heavy atom. The van der Waals surface area contributed by atoms with Crippen molar-refractivity contribution in [2.45, 2.75) is 51.6 Å². The van der Waals surface area contributed by atoms with Crippen LogP contribution in [0.3, 0.4) is 0 Å². The summed E-state index contributed by atoms with van der Waals surface area (Å²) in [6, 6.07) is 0. The summed E-state index contributed by atoms with van der Waals surface area (Å²) in [5.41, 5.74) is 0.547. The summed E-state index contributed by atoms with van der Waals surface area (Å²) < 4.78 is 5.36. The van der Waals surface area contributed by atoms with Crippen molar-refractivity contribution in [3.63, 3.8) is 0 Å². The molecule has 86 valence electrons. The van der Waals surface area contributed by atoms with Crippen LogP contribution < -0.4 is 0 Å². The summed E-state index contributed by atoms with van der Waals surface area (Å²) in [4.78, 5) is 0. The lowest BCUT2D eigenvalue weighted by Crippen LogP contribution is -2.44. The van der Waals surface area contributed by atoms with Gasteiger partial charge in [-0.25, -0.2) is 0 Å². The molecule has 2 nitrogen and oxygen atoms in total. The fourth-order valence-electron chi connectivity index (χ4n) is 2.94. The highest BCUT2D eigenvalue weighted by Crippen LogP contribution is 2.43. The second-order valence-corrected chi connectivity index (χ2v) is 5.33. The molecule has 1 aliphatic heterocycles. The van der Waals surface area contributed by atoms with Crippen LogP contribution in [-0.2, 0) is 4.74 Å². The van der Waals surface area contributed by atoms with E-state index < -0.39 is 5.60 Å². The second kappa shape index (κ2) is 4.17. The van der Waals surface area contributed by atoms with Gasteiger partial charge in [-0.05, 0) is 43.1 Å². The van der Waals surface area contributed by atoms with Crippen LogP contribution in [0.2, 0.25) is 0 Å². The fraction of sp³-hybridized carbons (Fsp3) is 0.846. The van der Waals surface area contributed by atoms with E-state index in [1.807, 2.05) is 6.26 Å². The van der Waals surface area contributed by atoms with Crippen LogP contribution in [0.1, 0.15) is 46.0 Å². The lowest BCUT2D eigenvalue weighted by molar-refractivity contribution is -0.0328. The van der Waals surface area contributed by atoms with E-state index in [-0.39, 0.29) is 0 Å². The first-order chi connectivity index (χ1) is 7.13. The summed E-state index contributed by atoms with van der Waals surface area (Å²) in [6.07, 6.45) is 7.16. The molecule has 0 amide bonds. The largest absolute Gasteiger partial charge is 0.501 e. The van der Waals surface area contributed by atoms with Gasteiger partial charge in [-0.15, -0.1) is 0 Å². The van der Waals surface area contributed by atoms with Crippen molar-refractivity contribution >= 4 is 0 Å². The van der Waals surface area contributed by atoms with Gasteiger partial charge in [-0.2, -0.15) is 0 Å². The van der Waals surface area contributed by atoms with Crippen molar-refractivity contribution in [2.75, 3.05) is 6.61 Å². The molecule has 0 bridgehead atoms. The third-order valence-electron chi connectivity index (χ3n) is 4.06. The monoisotopic (exact) mass is 210 g/mol. The summed E-state index contributed by atoms with van der Waals surface area (Å²) in [7, 11) is 0. The molecule has 0 radical (unpaired) electrons. The van der Waals surface area contributed by atoms with Gasteiger partial charge in [0.15, 0.2) is 0 Å². The molecule has 15 heavy (non-hydrogen) atoms. The van der Waals surface area contributed by atoms with Crippen molar-refractivity contribution in [1.82, 2.24) is 0 Å². The SMILES string of the molecule is CC1CCC(C)C(O)(C2=COCCC2)C1. The number of ether oxygens (including phenoxy) is 1. The van der Waals surface area contributed by atoms with Crippen LogP contribution >= 0.6 is 0 Å². The highest BCUT2D eigenvalue weighted by molar-refractivity contribution is 5.19. The zero-order chi connectivity index (χ0) is 10.9. The maximum Gasteiger partial charge on any atom is 0.0916 e. The lowest BCUT2D eigenvalue weighted by atomic mass is 9.68. The second-order valence-electron chi connectivity index (χ2n) is 5.33. The quantitative estimate of drug-likeness (QED) is 0.721. The normalized spacial score (nSPS) is 41.9. The summed E-state index contributed by atoms with van der Waals surface area (Å²) in [5.74, 6) is 1.01. The topological polar surface area (TPSA) is 29.5 Å². The van der Waals surface area contributed by atoms with Crippen LogP contribution in [0.25, 0.3) is 0 Å². The van der Waals surface area contributed by atoms with Crippen molar-refractivity contribution in [1.29, 1.82) is 0 Å². The van der Waals surface area contributed by atoms with Gasteiger partial charge < -0.3 is 9.84 Å². The van der Waals surface area contributed by atoms with Crippen molar-refractivity contribution < 1.29 is 9.84 Å². The Labute approximate surface area is 92.3 Å². The molecule has 2 aliphatic rings. The van der Waals surface area contributed by atoms with Gasteiger partial charge in [0, 0.05) is 0 Å². The van der Waals surface area contributed by atoms with Crippen LogP contribution in [0, 0.1) is 11.8 Å². The minimum atomic E-state index is -0.585. The minimum absolute atomic E-state index is 0.377. The molecule has 3 atom stereocenters. The first-order valence-electron chi connectivity index (χ1n) is 6.16. The van der Waals surface area contributed by atoms with E-state index in [4.69, 9.17) is 4.74 Å². The molecule has 3 unspecified atom stereocenters. The molecular formula is C13H22O2. The number of hydrogen-bond donors (Lipinski definition) is 1. The minimum Gasteiger partial charge on any atom is -0.501 e. The van der Waals surface area contributed by atoms with E-state index in [2.05, 4.69) is 13.8 Å². The average Bonchev–Trinajstić information content (AvgIpc) is 2.25. The Kier molecular flexibility index (Phi) is 3.06. The summed E-state index contributed by atoms with van der Waals surface area (Å²) in [5, 5.41) is 10.8. The smallest absolute Gasteiger partial charge is 0.0916 e. The molecule has 0 saturated heterocycles. The average molecular weight is 210 g/mol. The Morgan fingerprint density at radius 3 is 2.87 bits per heavy atom. The first kappa shape index (κ1) is 11.0. The van der Waals surface area contributed by atoms with E-state index in [0.717, 1.165) is 37.9 Å². The Bertz CT molecular complexity index is 259. The standard InChI is InChI=1S/C13H22O2/c1-10-5-6-11(2)13(14,8-10)12-4-3-7-15-9-12/h9-11,14H,3-8H2,1-2H3. The summed E-state index contributed by atoms with van der Waals surface area (Å²) in [6.45, 7) is 5.21. The zero-order valence-corrected chi connectivity index (χ0v) is 9.83. The molecule has 0 aromatic heterocycles. The molecule has 1 aliphatic carbocycles. The van der Waals surface area contributed by atoms with Crippen LogP contribution in [0.5, 0.6) is 0 Å². The molecule has 0 aromatic rings. The molecule has 2 heteroatoms. The third kappa shape index (κ3) is 2.05. The highest BCUT2D eigenvalue weighted by Gasteiger charge is 2.42. The van der Waals surface area contributed by atoms with Gasteiger partial charge in [-0.1, -0.05) is 20.3 Å². The molecule has 2 rings (SSSR count). The van der Waals surface area contributed by atoms with Crippen LogP contribution in [-0.4, -0.2) is 17.3 Å². The molecule has 1 heterocycles. The number of aliphatic hydroxyl groups is 1. The van der Waals surface area contributed by atoms with E-state index in [1.54, 1.807) is 0 Å². The Morgan fingerprint density at radius 1 is 1.40 bits per heavy atom. The lowest BCUT2D eigenvalue weighted by Gasteiger charge is -2.43. The van der Waals surface area contributed by atoms with Gasteiger partial charge in [-0.3, -0.25) is 0 Å². The predicted octanol–water partition coefficient (Wildman–Crippen LogP) is 2.87. The zero-order valence-electron chi connectivity index (χ0n) is 9.83. The molecule has 1 N–H and O–H groups in total. The van der Waals surface area contributed by atoms with Crippen LogP contribution in [0.15, 0.2) is 11.8 Å². The van der Waals surface area contributed by atoms with Gasteiger partial charge in [0.2, 0.25) is 0 Å². The number of rotatable bonds is 1. The molecular weight excluding hydrogens is 188 g/mol. The third-order valence-corrected chi connectivity index (χ3v) is 4.06. The van der Waals surface area contributed by atoms with Gasteiger partial charge in [0.05, 0.1) is 18.5 Å². The van der Waals surface area contributed by atoms with E-state index >= 15 is 0 Å². The highest BCUT2D eigenvalue weighted by atomic mass is 16.5. The maximum atomic E-state index is 10.8. The predicted molar refractivity (Wildman–Crippen MR) is 60.4 cm³/mol. The summed E-state index contributed by atoms with van der Waals surface area (Å²) >= 11 is 0. The Balaban J connectivity index is 2.18. The van der Waals surface area contributed by atoms with Crippen molar-refractivity contribution in [2.24, 2.45) is 11.8 Å². The van der Waals surface area contributed by atoms with E-state index in [9.17, 15) is 5.11 Å². The Hall–Kier alpha value is -0.500. The molecule has 0 aromatic carbocycles. The first-order valence-corrected chi connectivity index (χ1v) is 6.16. The van der Waals surface area contributed by atoms with E-state index in [1.165, 1.54) is 6.42 Å². The molecule has 1 saturated carbocycles. The maximum absolute atomic E-state index is 10.8. The fourth-order valence-corrected chi connectivity index (χ4v) is 2.94. The molecule has 0 spiro atoms. The van der Waals surface area contributed by atoms with Crippen molar-refractivity contribution in [3.05, 3.63) is 11.8 Å². The van der Waals surface area contributed by atoms with Crippen molar-refractivity contribution in [3.8, 4) is 0 Å². The van der Waals surface area contributed by atoms with Gasteiger partial charge in [0.1, 0.15) is 0 Å². The molecule has 1 fully saturated rings. The van der Waals surface area contributed by atoms with Gasteiger partial charge >= 0.3 is 0 Å². The van der Waals surface area contributed by atoms with Gasteiger partial charge in [0.25, 0.3) is 0 Å². The van der Waals surface area contributed by atoms with Crippen LogP contribution in [0.4, 0.5) is 0 Å². The van der Waals surface area contributed by atoms with E-state index in [0.29, 0.717) is 11.8 Å². The number of hydrogen-bond acceptors (Lipinski definition) is 2.